The van der Waals surface area contributed by atoms with Gasteiger partial charge in [0.05, 0.1) is 15.9 Å². The number of halogens is 1. The molecule has 1 N–H and O–H groups in total. The number of aromatic nitrogens is 2. The molecule has 0 radical (unpaired) electrons. The van der Waals surface area contributed by atoms with E-state index in [-0.39, 0.29) is 0 Å². The van der Waals surface area contributed by atoms with Crippen molar-refractivity contribution in [2.45, 2.75) is 26.4 Å². The number of hydrogen-bond acceptors (Lipinski definition) is 3. The number of rotatable bonds is 4. The third-order valence-electron chi connectivity index (χ3n) is 2.81. The average molecular weight is 314 g/mol. The van der Waals surface area contributed by atoms with Crippen molar-refractivity contribution < 1.29 is 0 Å². The molecule has 92 valence electrons. The molecule has 2 heterocycles. The van der Waals surface area contributed by atoms with Crippen LogP contribution in [0.2, 0.25) is 0 Å². The first kappa shape index (κ1) is 12.8. The Balaban J connectivity index is 2.03. The molecular formula is C12H16BrN3S. The summed E-state index contributed by atoms with van der Waals surface area (Å²) in [5.74, 6) is 0. The maximum atomic E-state index is 4.38. The second-order valence-electron chi connectivity index (χ2n) is 4.09. The number of hydrogen-bond donors (Lipinski definition) is 1. The van der Waals surface area contributed by atoms with Gasteiger partial charge < -0.3 is 5.32 Å². The van der Waals surface area contributed by atoms with E-state index in [9.17, 15) is 0 Å². The predicted molar refractivity (Wildman–Crippen MR) is 75.2 cm³/mol. The molecule has 0 aliphatic rings. The van der Waals surface area contributed by atoms with E-state index in [2.05, 4.69) is 50.8 Å². The minimum absolute atomic E-state index is 0.372. The zero-order valence-electron chi connectivity index (χ0n) is 10.2. The van der Waals surface area contributed by atoms with E-state index in [1.807, 2.05) is 18.7 Å². The van der Waals surface area contributed by atoms with Crippen LogP contribution in [-0.4, -0.2) is 9.78 Å². The number of thiophene rings is 1. The first-order chi connectivity index (χ1) is 8.09. The molecule has 0 aromatic carbocycles. The van der Waals surface area contributed by atoms with Crippen molar-refractivity contribution in [2.75, 3.05) is 0 Å². The van der Waals surface area contributed by atoms with Crippen molar-refractivity contribution in [1.29, 1.82) is 0 Å². The van der Waals surface area contributed by atoms with Gasteiger partial charge in [0.2, 0.25) is 0 Å². The van der Waals surface area contributed by atoms with Crippen molar-refractivity contribution in [1.82, 2.24) is 15.1 Å². The van der Waals surface area contributed by atoms with E-state index in [0.29, 0.717) is 6.04 Å². The normalized spacial score (nSPS) is 12.9. The van der Waals surface area contributed by atoms with Gasteiger partial charge in [-0.25, -0.2) is 0 Å². The molecule has 0 fully saturated rings. The monoisotopic (exact) mass is 313 g/mol. The van der Waals surface area contributed by atoms with Crippen molar-refractivity contribution in [3.8, 4) is 0 Å². The van der Waals surface area contributed by atoms with E-state index in [0.717, 1.165) is 16.7 Å². The van der Waals surface area contributed by atoms with Crippen LogP contribution in [0.15, 0.2) is 22.0 Å². The topological polar surface area (TPSA) is 29.9 Å². The van der Waals surface area contributed by atoms with Crippen molar-refractivity contribution in [2.24, 2.45) is 7.05 Å². The smallest absolute Gasteiger partial charge is 0.0739 e. The molecule has 0 amide bonds. The van der Waals surface area contributed by atoms with Crippen molar-refractivity contribution >= 4 is 27.3 Å². The van der Waals surface area contributed by atoms with E-state index in [1.54, 1.807) is 11.3 Å². The second-order valence-corrected chi connectivity index (χ2v) is 5.86. The van der Waals surface area contributed by atoms with Crippen LogP contribution >= 0.6 is 27.3 Å². The summed E-state index contributed by atoms with van der Waals surface area (Å²) in [7, 11) is 1.98. The fraction of sp³-hybridized carbons (Fsp3) is 0.417. The first-order valence-corrected chi connectivity index (χ1v) is 7.21. The van der Waals surface area contributed by atoms with Crippen LogP contribution in [0.4, 0.5) is 0 Å². The molecule has 0 aliphatic carbocycles. The Bertz CT molecular complexity index is 490. The molecule has 0 saturated heterocycles. The van der Waals surface area contributed by atoms with Crippen LogP contribution in [0, 0.1) is 6.92 Å². The third kappa shape index (κ3) is 2.78. The fourth-order valence-corrected chi connectivity index (χ4v) is 3.00. The third-order valence-corrected chi connectivity index (χ3v) is 4.89. The lowest BCUT2D eigenvalue weighted by atomic mass is 10.2. The van der Waals surface area contributed by atoms with E-state index >= 15 is 0 Å². The number of nitrogens with zero attached hydrogens (tertiary/aromatic N) is 2. The van der Waals surface area contributed by atoms with Crippen molar-refractivity contribution in [3.63, 3.8) is 0 Å². The van der Waals surface area contributed by atoms with Gasteiger partial charge >= 0.3 is 0 Å². The van der Waals surface area contributed by atoms with E-state index in [1.165, 1.54) is 10.6 Å². The average Bonchev–Trinajstić information content (AvgIpc) is 2.88. The molecule has 17 heavy (non-hydrogen) atoms. The van der Waals surface area contributed by atoms with Crippen LogP contribution in [0.25, 0.3) is 0 Å². The largest absolute Gasteiger partial charge is 0.304 e. The quantitative estimate of drug-likeness (QED) is 0.937. The standard InChI is InChI=1S/C12H16BrN3S/c1-8(11-5-4-6-17-11)14-7-10-12(13)9(2)15-16(10)3/h4-6,8,14H,7H2,1-3H3/t8-/m1/s1. The van der Waals surface area contributed by atoms with Crippen LogP contribution in [0.5, 0.6) is 0 Å². The highest BCUT2D eigenvalue weighted by molar-refractivity contribution is 9.10. The Morgan fingerprint density at radius 3 is 2.88 bits per heavy atom. The molecule has 5 heteroatoms. The van der Waals surface area contributed by atoms with Gasteiger partial charge in [-0.2, -0.15) is 5.10 Å². The summed E-state index contributed by atoms with van der Waals surface area (Å²) < 4.78 is 3.03. The summed E-state index contributed by atoms with van der Waals surface area (Å²) >= 11 is 5.36. The molecule has 3 nitrogen and oxygen atoms in total. The number of nitrogens with one attached hydrogen (secondary N) is 1. The Labute approximate surface area is 114 Å². The summed E-state index contributed by atoms with van der Waals surface area (Å²) in [6, 6.07) is 4.62. The number of aryl methyl sites for hydroxylation is 2. The summed E-state index contributed by atoms with van der Waals surface area (Å²) in [6.45, 7) is 5.01. The maximum Gasteiger partial charge on any atom is 0.0739 e. The molecule has 0 spiro atoms. The molecule has 2 aromatic rings. The molecule has 0 bridgehead atoms. The Morgan fingerprint density at radius 1 is 1.59 bits per heavy atom. The highest BCUT2D eigenvalue weighted by atomic mass is 79.9. The molecule has 0 aliphatic heterocycles. The fourth-order valence-electron chi connectivity index (χ4n) is 1.76. The molecule has 1 atom stereocenters. The predicted octanol–water partition coefficient (Wildman–Crippen LogP) is 3.40. The maximum absolute atomic E-state index is 4.38. The van der Waals surface area contributed by atoms with Gasteiger partial charge in [0.25, 0.3) is 0 Å². The summed E-state index contributed by atoms with van der Waals surface area (Å²) in [5, 5.41) is 10.0. The lowest BCUT2D eigenvalue weighted by molar-refractivity contribution is 0.553. The van der Waals surface area contributed by atoms with Crippen LogP contribution in [0.1, 0.15) is 29.2 Å². The van der Waals surface area contributed by atoms with Crippen LogP contribution in [-0.2, 0) is 13.6 Å². The van der Waals surface area contributed by atoms with Crippen LogP contribution < -0.4 is 5.32 Å². The Hall–Kier alpha value is -0.650. The molecular weight excluding hydrogens is 298 g/mol. The molecule has 2 aromatic heterocycles. The summed E-state index contributed by atoms with van der Waals surface area (Å²) in [5.41, 5.74) is 2.22. The van der Waals surface area contributed by atoms with E-state index in [4.69, 9.17) is 0 Å². The second kappa shape index (κ2) is 5.33. The SMILES string of the molecule is Cc1nn(C)c(CN[C@H](C)c2cccs2)c1Br. The van der Waals surface area contributed by atoms with Crippen molar-refractivity contribution in [3.05, 3.63) is 38.3 Å². The van der Waals surface area contributed by atoms with Gasteiger partial charge in [-0.3, -0.25) is 4.68 Å². The molecule has 0 saturated carbocycles. The minimum Gasteiger partial charge on any atom is -0.304 e. The van der Waals surface area contributed by atoms with Gasteiger partial charge in [0.15, 0.2) is 0 Å². The Morgan fingerprint density at radius 2 is 2.35 bits per heavy atom. The highest BCUT2D eigenvalue weighted by Crippen LogP contribution is 2.22. The van der Waals surface area contributed by atoms with Gasteiger partial charge in [0, 0.05) is 24.5 Å². The highest BCUT2D eigenvalue weighted by Gasteiger charge is 2.12. The van der Waals surface area contributed by atoms with E-state index < -0.39 is 0 Å². The summed E-state index contributed by atoms with van der Waals surface area (Å²) in [6.07, 6.45) is 0. The van der Waals surface area contributed by atoms with Crippen LogP contribution in [0.3, 0.4) is 0 Å². The minimum atomic E-state index is 0.372. The zero-order chi connectivity index (χ0) is 12.4. The first-order valence-electron chi connectivity index (χ1n) is 5.54. The van der Waals surface area contributed by atoms with Gasteiger partial charge in [-0.1, -0.05) is 6.07 Å². The van der Waals surface area contributed by atoms with Gasteiger partial charge in [0.1, 0.15) is 0 Å². The lowest BCUT2D eigenvalue weighted by Crippen LogP contribution is -2.19. The van der Waals surface area contributed by atoms with Gasteiger partial charge in [-0.15, -0.1) is 11.3 Å². The zero-order valence-corrected chi connectivity index (χ0v) is 12.6. The van der Waals surface area contributed by atoms with Gasteiger partial charge in [-0.05, 0) is 41.2 Å². The molecule has 0 unspecified atom stereocenters. The summed E-state index contributed by atoms with van der Waals surface area (Å²) in [4.78, 5) is 1.36. The molecule has 2 rings (SSSR count). The lowest BCUT2D eigenvalue weighted by Gasteiger charge is -2.12. The Kier molecular flexibility index (Phi) is 4.01.